The first-order valence-electron chi connectivity index (χ1n) is 6.44. The summed E-state index contributed by atoms with van der Waals surface area (Å²) in [4.78, 5) is 4.72. The fraction of sp³-hybridized carbons (Fsp3) is 0.692. The van der Waals surface area contributed by atoms with Gasteiger partial charge < -0.3 is 5.32 Å². The maximum Gasteiger partial charge on any atom is 0.185 e. The average Bonchev–Trinajstić information content (AvgIpc) is 2.70. The predicted octanol–water partition coefficient (Wildman–Crippen LogP) is 4.29. The van der Waals surface area contributed by atoms with Crippen molar-refractivity contribution < 1.29 is 0 Å². The van der Waals surface area contributed by atoms with Crippen molar-refractivity contribution in [2.24, 2.45) is 11.8 Å². The Hall–Kier alpha value is -0.790. The minimum absolute atomic E-state index is 0.321. The molecule has 5 heteroatoms. The molecule has 0 saturated heterocycles. The number of nitriles is 1. The van der Waals surface area contributed by atoms with Crippen molar-refractivity contribution in [3.8, 4) is 6.07 Å². The highest BCUT2D eigenvalue weighted by atomic mass is 35.5. The molecule has 1 heterocycles. The van der Waals surface area contributed by atoms with Gasteiger partial charge in [0.15, 0.2) is 10.3 Å². The van der Waals surface area contributed by atoms with Crippen LogP contribution < -0.4 is 5.32 Å². The fourth-order valence-electron chi connectivity index (χ4n) is 2.73. The molecular weight excluding hydrogens is 266 g/mol. The minimum Gasteiger partial charge on any atom is -0.358 e. The third kappa shape index (κ3) is 2.96. The van der Waals surface area contributed by atoms with Gasteiger partial charge in [-0.3, -0.25) is 0 Å². The average molecular weight is 284 g/mol. The zero-order chi connectivity index (χ0) is 13.1. The maximum atomic E-state index is 8.89. The van der Waals surface area contributed by atoms with Gasteiger partial charge in [0.05, 0.1) is 0 Å². The van der Waals surface area contributed by atoms with Crippen LogP contribution in [0.3, 0.4) is 0 Å². The Labute approximate surface area is 117 Å². The predicted molar refractivity (Wildman–Crippen MR) is 76.0 cm³/mol. The number of thiazole rings is 1. The molecule has 2 rings (SSSR count). The lowest BCUT2D eigenvalue weighted by Crippen LogP contribution is -2.35. The van der Waals surface area contributed by atoms with Gasteiger partial charge in [0.2, 0.25) is 0 Å². The summed E-state index contributed by atoms with van der Waals surface area (Å²) in [7, 11) is 0. The highest BCUT2D eigenvalue weighted by molar-refractivity contribution is 7.16. The summed E-state index contributed by atoms with van der Waals surface area (Å²) >= 11 is 7.25. The molecule has 0 aliphatic heterocycles. The van der Waals surface area contributed by atoms with Gasteiger partial charge in [0.25, 0.3) is 0 Å². The van der Waals surface area contributed by atoms with Crippen LogP contribution in [-0.4, -0.2) is 11.0 Å². The van der Waals surface area contributed by atoms with E-state index in [1.165, 1.54) is 37.0 Å². The molecule has 0 aromatic carbocycles. The lowest BCUT2D eigenvalue weighted by Gasteiger charge is -2.34. The summed E-state index contributed by atoms with van der Waals surface area (Å²) in [6.07, 6.45) is 5.05. The Kier molecular flexibility index (Phi) is 4.47. The number of halogens is 1. The van der Waals surface area contributed by atoms with Crippen LogP contribution in [-0.2, 0) is 0 Å². The molecule has 2 unspecified atom stereocenters. The molecule has 0 spiro atoms. The van der Waals surface area contributed by atoms with E-state index in [9.17, 15) is 0 Å². The van der Waals surface area contributed by atoms with Gasteiger partial charge in [0, 0.05) is 6.04 Å². The Balaban J connectivity index is 2.09. The largest absolute Gasteiger partial charge is 0.358 e. The number of aromatic nitrogens is 1. The second-order valence-corrected chi connectivity index (χ2v) is 6.55. The van der Waals surface area contributed by atoms with Crippen LogP contribution in [0.15, 0.2) is 0 Å². The SMILES string of the molecule is CC(C)C1CCCCC1Nc1nc(Cl)c(C#N)s1. The second-order valence-electron chi connectivity index (χ2n) is 5.19. The Morgan fingerprint density at radius 3 is 2.78 bits per heavy atom. The number of anilines is 1. The number of nitrogens with zero attached hydrogens (tertiary/aromatic N) is 2. The van der Waals surface area contributed by atoms with Crippen LogP contribution in [0.5, 0.6) is 0 Å². The number of rotatable bonds is 3. The van der Waals surface area contributed by atoms with E-state index in [4.69, 9.17) is 16.9 Å². The van der Waals surface area contributed by atoms with Gasteiger partial charge in [-0.2, -0.15) is 5.26 Å². The van der Waals surface area contributed by atoms with Gasteiger partial charge >= 0.3 is 0 Å². The molecule has 98 valence electrons. The molecule has 1 fully saturated rings. The summed E-state index contributed by atoms with van der Waals surface area (Å²) in [6.45, 7) is 4.56. The van der Waals surface area contributed by atoms with E-state index in [0.717, 1.165) is 5.13 Å². The first kappa shape index (κ1) is 13.6. The van der Waals surface area contributed by atoms with Gasteiger partial charge in [0.1, 0.15) is 10.9 Å². The zero-order valence-electron chi connectivity index (χ0n) is 10.7. The molecule has 0 amide bonds. The standard InChI is InChI=1S/C13H18ClN3S/c1-8(2)9-5-3-4-6-10(9)16-13-17-12(14)11(7-15)18-13/h8-10H,3-6H2,1-2H3,(H,16,17). The normalized spacial score (nSPS) is 23.9. The van der Waals surface area contributed by atoms with Gasteiger partial charge in [-0.15, -0.1) is 0 Å². The highest BCUT2D eigenvalue weighted by Gasteiger charge is 2.28. The van der Waals surface area contributed by atoms with Gasteiger partial charge in [-0.25, -0.2) is 4.98 Å². The van der Waals surface area contributed by atoms with E-state index in [1.807, 2.05) is 0 Å². The Morgan fingerprint density at radius 1 is 1.44 bits per heavy atom. The van der Waals surface area contributed by atoms with Crippen molar-refractivity contribution in [2.45, 2.75) is 45.6 Å². The zero-order valence-corrected chi connectivity index (χ0v) is 12.3. The molecule has 0 radical (unpaired) electrons. The van der Waals surface area contributed by atoms with Crippen molar-refractivity contribution in [3.63, 3.8) is 0 Å². The lowest BCUT2D eigenvalue weighted by molar-refractivity contribution is 0.254. The molecule has 1 saturated carbocycles. The van der Waals surface area contributed by atoms with E-state index in [0.29, 0.717) is 27.9 Å². The summed E-state index contributed by atoms with van der Waals surface area (Å²) in [5, 5.41) is 13.5. The van der Waals surface area contributed by atoms with Crippen molar-refractivity contribution in [1.29, 1.82) is 5.26 Å². The van der Waals surface area contributed by atoms with Crippen molar-refractivity contribution in [1.82, 2.24) is 4.98 Å². The van der Waals surface area contributed by atoms with E-state index in [-0.39, 0.29) is 0 Å². The van der Waals surface area contributed by atoms with Crippen LogP contribution in [0.4, 0.5) is 5.13 Å². The topological polar surface area (TPSA) is 48.7 Å². The third-order valence-corrected chi connectivity index (χ3v) is 4.95. The monoisotopic (exact) mass is 283 g/mol. The summed E-state index contributed by atoms with van der Waals surface area (Å²) < 4.78 is 0. The highest BCUT2D eigenvalue weighted by Crippen LogP contribution is 2.34. The summed E-state index contributed by atoms with van der Waals surface area (Å²) in [5.74, 6) is 1.36. The maximum absolute atomic E-state index is 8.89. The molecule has 18 heavy (non-hydrogen) atoms. The lowest BCUT2D eigenvalue weighted by atomic mass is 9.78. The Bertz CT molecular complexity index is 450. The van der Waals surface area contributed by atoms with Gasteiger partial charge in [-0.1, -0.05) is 49.6 Å². The van der Waals surface area contributed by atoms with E-state index < -0.39 is 0 Å². The molecule has 1 N–H and O–H groups in total. The number of hydrogen-bond donors (Lipinski definition) is 1. The van der Waals surface area contributed by atoms with Crippen molar-refractivity contribution >= 4 is 28.1 Å². The van der Waals surface area contributed by atoms with Crippen LogP contribution in [0.2, 0.25) is 5.15 Å². The molecule has 3 nitrogen and oxygen atoms in total. The second kappa shape index (κ2) is 5.90. The third-order valence-electron chi connectivity index (χ3n) is 3.67. The fourth-order valence-corrected chi connectivity index (χ4v) is 3.74. The molecule has 1 aromatic rings. The van der Waals surface area contributed by atoms with Gasteiger partial charge in [-0.05, 0) is 24.7 Å². The van der Waals surface area contributed by atoms with Crippen LogP contribution in [0.25, 0.3) is 0 Å². The minimum atomic E-state index is 0.321. The number of hydrogen-bond acceptors (Lipinski definition) is 4. The van der Waals surface area contributed by atoms with E-state index in [2.05, 4.69) is 30.2 Å². The Morgan fingerprint density at radius 2 is 2.17 bits per heavy atom. The molecule has 1 aromatic heterocycles. The van der Waals surface area contributed by atoms with Crippen LogP contribution in [0, 0.1) is 23.2 Å². The first-order valence-corrected chi connectivity index (χ1v) is 7.64. The summed E-state index contributed by atoms with van der Waals surface area (Å²) in [5.41, 5.74) is 0. The number of nitrogens with one attached hydrogen (secondary N) is 1. The molecular formula is C13H18ClN3S. The van der Waals surface area contributed by atoms with Crippen LogP contribution in [0.1, 0.15) is 44.4 Å². The molecule has 0 bridgehead atoms. The van der Waals surface area contributed by atoms with E-state index >= 15 is 0 Å². The van der Waals surface area contributed by atoms with Crippen molar-refractivity contribution in [3.05, 3.63) is 10.0 Å². The quantitative estimate of drug-likeness (QED) is 0.900. The molecule has 1 aliphatic rings. The summed E-state index contributed by atoms with van der Waals surface area (Å²) in [6, 6.07) is 2.54. The van der Waals surface area contributed by atoms with Crippen molar-refractivity contribution in [2.75, 3.05) is 5.32 Å². The smallest absolute Gasteiger partial charge is 0.185 e. The molecule has 1 aliphatic carbocycles. The van der Waals surface area contributed by atoms with Crippen LogP contribution >= 0.6 is 22.9 Å². The molecule has 2 atom stereocenters. The first-order chi connectivity index (χ1) is 8.61. The van der Waals surface area contributed by atoms with E-state index in [1.54, 1.807) is 0 Å².